The first-order chi connectivity index (χ1) is 13.3. The maximum absolute atomic E-state index is 13.2. The Morgan fingerprint density at radius 3 is 2.29 bits per heavy atom. The van der Waals surface area contributed by atoms with Gasteiger partial charge in [-0.2, -0.15) is 0 Å². The van der Waals surface area contributed by atoms with E-state index in [1.54, 1.807) is 6.92 Å². The third-order valence-corrected chi connectivity index (χ3v) is 5.59. The minimum absolute atomic E-state index is 0.0698. The summed E-state index contributed by atoms with van der Waals surface area (Å²) in [5, 5.41) is 0. The van der Waals surface area contributed by atoms with Gasteiger partial charge in [-0.25, -0.2) is 4.79 Å². The molecule has 156 valence electrons. The molecule has 8 heteroatoms. The largest absolute Gasteiger partial charge is 0.463 e. The van der Waals surface area contributed by atoms with Gasteiger partial charge in [0.05, 0.1) is 19.1 Å². The Morgan fingerprint density at radius 1 is 1.11 bits per heavy atom. The van der Waals surface area contributed by atoms with Crippen molar-refractivity contribution in [1.29, 1.82) is 0 Å². The first kappa shape index (κ1) is 20.8. The standard InChI is InChI=1S/C20H28O8/c1-12(2)17(21)28-13(3)20(19(23)27-11-15-9-25-15)7-5-4-6-16(20)18(22)26-10-14-8-24-14/h13-16H,1,4-11H2,2-3H3. The van der Waals surface area contributed by atoms with E-state index in [9.17, 15) is 14.4 Å². The zero-order valence-corrected chi connectivity index (χ0v) is 16.4. The Kier molecular flexibility index (Phi) is 6.40. The van der Waals surface area contributed by atoms with Crippen LogP contribution < -0.4 is 0 Å². The van der Waals surface area contributed by atoms with Gasteiger partial charge in [0, 0.05) is 5.57 Å². The fourth-order valence-corrected chi connectivity index (χ4v) is 3.70. The molecule has 5 unspecified atom stereocenters. The van der Waals surface area contributed by atoms with E-state index in [-0.39, 0.29) is 31.0 Å². The minimum atomic E-state index is -1.29. The van der Waals surface area contributed by atoms with Gasteiger partial charge >= 0.3 is 17.9 Å². The number of epoxide rings is 2. The monoisotopic (exact) mass is 396 g/mol. The first-order valence-corrected chi connectivity index (χ1v) is 9.78. The summed E-state index contributed by atoms with van der Waals surface area (Å²) >= 11 is 0. The SMILES string of the molecule is C=C(C)C(=O)OC(C)C1(C(=O)OCC2CO2)CCCCC1C(=O)OCC1CO1. The van der Waals surface area contributed by atoms with Crippen LogP contribution in [0.3, 0.4) is 0 Å². The highest BCUT2D eigenvalue weighted by molar-refractivity contribution is 5.89. The average Bonchev–Trinajstić information content (AvgIpc) is 3.58. The van der Waals surface area contributed by atoms with Gasteiger partial charge in [-0.1, -0.05) is 19.4 Å². The summed E-state index contributed by atoms with van der Waals surface area (Å²) in [4.78, 5) is 38.2. The first-order valence-electron chi connectivity index (χ1n) is 9.78. The molecule has 0 N–H and O–H groups in total. The van der Waals surface area contributed by atoms with Gasteiger partial charge in [0.15, 0.2) is 0 Å². The molecule has 0 bridgehead atoms. The number of hydrogen-bond donors (Lipinski definition) is 0. The molecule has 1 saturated carbocycles. The van der Waals surface area contributed by atoms with Gasteiger partial charge in [0.1, 0.15) is 36.9 Å². The number of esters is 3. The Morgan fingerprint density at radius 2 is 1.71 bits per heavy atom. The Hall–Kier alpha value is -1.93. The van der Waals surface area contributed by atoms with Crippen LogP contribution in [0.4, 0.5) is 0 Å². The quantitative estimate of drug-likeness (QED) is 0.250. The molecule has 28 heavy (non-hydrogen) atoms. The van der Waals surface area contributed by atoms with E-state index >= 15 is 0 Å². The molecule has 8 nitrogen and oxygen atoms in total. The summed E-state index contributed by atoms with van der Waals surface area (Å²) in [7, 11) is 0. The smallest absolute Gasteiger partial charge is 0.333 e. The summed E-state index contributed by atoms with van der Waals surface area (Å²) in [5.41, 5.74) is -1.07. The van der Waals surface area contributed by atoms with Crippen molar-refractivity contribution in [3.8, 4) is 0 Å². The Labute approximate surface area is 164 Å². The molecule has 0 aromatic rings. The van der Waals surface area contributed by atoms with Crippen molar-refractivity contribution in [3.63, 3.8) is 0 Å². The minimum Gasteiger partial charge on any atom is -0.463 e. The van der Waals surface area contributed by atoms with Gasteiger partial charge < -0.3 is 23.7 Å². The molecule has 1 aliphatic carbocycles. The molecule has 3 aliphatic rings. The molecule has 2 aliphatic heterocycles. The maximum Gasteiger partial charge on any atom is 0.333 e. The van der Waals surface area contributed by atoms with Gasteiger partial charge in [-0.15, -0.1) is 0 Å². The van der Waals surface area contributed by atoms with Crippen LogP contribution in [0.5, 0.6) is 0 Å². The summed E-state index contributed by atoms with van der Waals surface area (Å²) in [6.45, 7) is 8.16. The lowest BCUT2D eigenvalue weighted by atomic mass is 9.63. The molecular formula is C20H28O8. The highest BCUT2D eigenvalue weighted by Crippen LogP contribution is 2.47. The lowest BCUT2D eigenvalue weighted by Gasteiger charge is -2.43. The van der Waals surface area contributed by atoms with Gasteiger partial charge in [0.25, 0.3) is 0 Å². The Balaban J connectivity index is 1.81. The average molecular weight is 396 g/mol. The highest BCUT2D eigenvalue weighted by atomic mass is 16.6. The third-order valence-electron chi connectivity index (χ3n) is 5.59. The fourth-order valence-electron chi connectivity index (χ4n) is 3.70. The van der Waals surface area contributed by atoms with Crippen LogP contribution in [-0.2, 0) is 38.1 Å². The molecule has 5 atom stereocenters. The number of carbonyl (C=O) groups excluding carboxylic acids is 3. The molecule has 3 fully saturated rings. The van der Waals surface area contributed by atoms with Crippen molar-refractivity contribution in [3.05, 3.63) is 12.2 Å². The summed E-state index contributed by atoms with van der Waals surface area (Å²) in [6, 6.07) is 0. The van der Waals surface area contributed by atoms with Gasteiger partial charge in [0.2, 0.25) is 0 Å². The normalized spacial score (nSPS) is 32.0. The summed E-state index contributed by atoms with van der Waals surface area (Å²) in [6.07, 6.45) is 1.31. The van der Waals surface area contributed by atoms with Crippen LogP contribution in [0.1, 0.15) is 39.5 Å². The predicted octanol–water partition coefficient (Wildman–Crippen LogP) is 1.55. The van der Waals surface area contributed by atoms with E-state index in [0.29, 0.717) is 26.1 Å². The van der Waals surface area contributed by atoms with E-state index in [1.807, 2.05) is 0 Å². The molecule has 2 heterocycles. The topological polar surface area (TPSA) is 104 Å². The van der Waals surface area contributed by atoms with Crippen molar-refractivity contribution < 1.29 is 38.1 Å². The van der Waals surface area contributed by atoms with E-state index in [2.05, 4.69) is 6.58 Å². The van der Waals surface area contributed by atoms with Crippen LogP contribution in [0.25, 0.3) is 0 Å². The second-order valence-electron chi connectivity index (χ2n) is 7.81. The lowest BCUT2D eigenvalue weighted by Crippen LogP contribution is -2.54. The van der Waals surface area contributed by atoms with Crippen molar-refractivity contribution in [2.24, 2.45) is 11.3 Å². The highest BCUT2D eigenvalue weighted by Gasteiger charge is 2.57. The summed E-state index contributed by atoms with van der Waals surface area (Å²) in [5.74, 6) is -2.38. The second-order valence-corrected chi connectivity index (χ2v) is 7.81. The number of carbonyl (C=O) groups is 3. The zero-order valence-electron chi connectivity index (χ0n) is 16.4. The van der Waals surface area contributed by atoms with Crippen molar-refractivity contribution in [2.45, 2.75) is 57.8 Å². The Bertz CT molecular complexity index is 636. The third kappa shape index (κ3) is 4.72. The number of ether oxygens (including phenoxy) is 5. The van der Waals surface area contributed by atoms with Crippen LogP contribution in [0, 0.1) is 11.3 Å². The van der Waals surface area contributed by atoms with Crippen LogP contribution >= 0.6 is 0 Å². The van der Waals surface area contributed by atoms with E-state index in [4.69, 9.17) is 23.7 Å². The number of hydrogen-bond acceptors (Lipinski definition) is 8. The molecule has 0 amide bonds. The van der Waals surface area contributed by atoms with Crippen molar-refractivity contribution in [2.75, 3.05) is 26.4 Å². The molecule has 0 aromatic heterocycles. The fraction of sp³-hybridized carbons (Fsp3) is 0.750. The summed E-state index contributed by atoms with van der Waals surface area (Å²) < 4.78 is 26.6. The van der Waals surface area contributed by atoms with E-state index in [1.165, 1.54) is 6.92 Å². The maximum atomic E-state index is 13.2. The second kappa shape index (κ2) is 8.61. The van der Waals surface area contributed by atoms with Crippen LogP contribution in [0.15, 0.2) is 12.2 Å². The van der Waals surface area contributed by atoms with Gasteiger partial charge in [-0.05, 0) is 26.7 Å². The molecule has 0 radical (unpaired) electrons. The molecule has 0 aromatic carbocycles. The van der Waals surface area contributed by atoms with Crippen LogP contribution in [-0.4, -0.2) is 62.6 Å². The molecule has 3 rings (SSSR count). The molecule has 0 spiro atoms. The zero-order chi connectivity index (χ0) is 20.3. The predicted molar refractivity (Wildman–Crippen MR) is 96.2 cm³/mol. The van der Waals surface area contributed by atoms with Crippen LogP contribution in [0.2, 0.25) is 0 Å². The van der Waals surface area contributed by atoms with Gasteiger partial charge in [-0.3, -0.25) is 9.59 Å². The van der Waals surface area contributed by atoms with Crippen molar-refractivity contribution in [1.82, 2.24) is 0 Å². The van der Waals surface area contributed by atoms with E-state index in [0.717, 1.165) is 12.8 Å². The van der Waals surface area contributed by atoms with E-state index < -0.39 is 35.3 Å². The molecule has 2 saturated heterocycles. The lowest BCUT2D eigenvalue weighted by molar-refractivity contribution is -0.189. The molecular weight excluding hydrogens is 368 g/mol. The number of rotatable bonds is 9. The van der Waals surface area contributed by atoms with Crippen molar-refractivity contribution >= 4 is 17.9 Å².